The minimum absolute atomic E-state index is 0.0182. The molecule has 33 heavy (non-hydrogen) atoms. The minimum atomic E-state index is -0.351. The molecule has 0 saturated carbocycles. The molecule has 2 fully saturated rings. The number of aromatic amines is 1. The number of hydrogen-bond acceptors (Lipinski definition) is 5. The Balaban J connectivity index is 1.17. The highest BCUT2D eigenvalue weighted by Gasteiger charge is 2.38. The second kappa shape index (κ2) is 8.85. The van der Waals surface area contributed by atoms with Crippen molar-refractivity contribution in [2.45, 2.75) is 6.42 Å². The van der Waals surface area contributed by atoms with Crippen LogP contribution in [-0.4, -0.2) is 75.4 Å². The van der Waals surface area contributed by atoms with Crippen LogP contribution in [0.2, 0.25) is 0 Å². The van der Waals surface area contributed by atoms with Crippen LogP contribution in [0.4, 0.5) is 5.69 Å². The molecular formula is C24H24N6O3. The molecule has 2 aliphatic rings. The summed E-state index contributed by atoms with van der Waals surface area (Å²) >= 11 is 0. The van der Waals surface area contributed by atoms with Crippen LogP contribution in [-0.2, 0) is 9.59 Å². The molecule has 9 nitrogen and oxygen atoms in total. The number of H-pyrrole nitrogens is 1. The minimum Gasteiger partial charge on any atom is -0.339 e. The van der Waals surface area contributed by atoms with Crippen LogP contribution in [0.25, 0.3) is 11.3 Å². The molecule has 0 aliphatic carbocycles. The van der Waals surface area contributed by atoms with Gasteiger partial charge in [-0.25, -0.2) is 0 Å². The average Bonchev–Trinajstić information content (AvgIpc) is 3.52. The van der Waals surface area contributed by atoms with Crippen LogP contribution >= 0.6 is 0 Å². The van der Waals surface area contributed by atoms with Gasteiger partial charge in [0, 0.05) is 62.8 Å². The second-order valence-electron chi connectivity index (χ2n) is 8.26. The third kappa shape index (κ3) is 4.21. The van der Waals surface area contributed by atoms with E-state index in [2.05, 4.69) is 15.2 Å². The lowest BCUT2D eigenvalue weighted by Crippen LogP contribution is -2.52. The predicted octanol–water partition coefficient (Wildman–Crippen LogP) is 1.81. The molecule has 1 atom stereocenters. The summed E-state index contributed by atoms with van der Waals surface area (Å²) in [6.07, 6.45) is 3.58. The van der Waals surface area contributed by atoms with E-state index in [1.807, 2.05) is 42.5 Å². The number of hydrogen-bond donors (Lipinski definition) is 1. The van der Waals surface area contributed by atoms with Gasteiger partial charge in [0.2, 0.25) is 11.8 Å². The number of carbonyl (C=O) groups is 3. The van der Waals surface area contributed by atoms with Gasteiger partial charge in [-0.05, 0) is 30.3 Å². The first-order chi connectivity index (χ1) is 16.1. The molecule has 0 bridgehead atoms. The fraction of sp³-hybridized carbons (Fsp3) is 0.292. The molecule has 2 aromatic heterocycles. The standard InChI is InChI=1S/C24H24N6O3/c31-22-14-18(16-30(22)19-4-2-1-3-5-19)23(32)28-10-12-29(13-11-28)24(33)21-15-20(26-27-21)17-6-8-25-9-7-17/h1-9,15,18H,10-14,16H2,(H,26,27)/t18-/m0/s1. The highest BCUT2D eigenvalue weighted by atomic mass is 16.2. The zero-order valence-corrected chi connectivity index (χ0v) is 18.1. The predicted molar refractivity (Wildman–Crippen MR) is 121 cm³/mol. The molecule has 3 aromatic rings. The largest absolute Gasteiger partial charge is 0.339 e. The molecule has 2 aliphatic heterocycles. The smallest absolute Gasteiger partial charge is 0.272 e. The molecule has 168 valence electrons. The van der Waals surface area contributed by atoms with E-state index < -0.39 is 0 Å². The van der Waals surface area contributed by atoms with E-state index in [0.29, 0.717) is 44.1 Å². The fourth-order valence-corrected chi connectivity index (χ4v) is 4.39. The lowest BCUT2D eigenvalue weighted by molar-refractivity contribution is -0.137. The van der Waals surface area contributed by atoms with Crippen LogP contribution in [0.15, 0.2) is 60.9 Å². The van der Waals surface area contributed by atoms with E-state index in [1.54, 1.807) is 33.2 Å². The molecular weight excluding hydrogens is 420 g/mol. The van der Waals surface area contributed by atoms with Crippen molar-refractivity contribution in [2.24, 2.45) is 5.92 Å². The van der Waals surface area contributed by atoms with Crippen LogP contribution < -0.4 is 4.90 Å². The number of nitrogens with zero attached hydrogens (tertiary/aromatic N) is 5. The third-order valence-corrected chi connectivity index (χ3v) is 6.21. The van der Waals surface area contributed by atoms with E-state index in [-0.39, 0.29) is 30.1 Å². The van der Waals surface area contributed by atoms with Crippen molar-refractivity contribution in [3.05, 3.63) is 66.6 Å². The van der Waals surface area contributed by atoms with Gasteiger partial charge in [-0.1, -0.05) is 18.2 Å². The maximum absolute atomic E-state index is 13.1. The van der Waals surface area contributed by atoms with Crippen LogP contribution in [0.3, 0.4) is 0 Å². The molecule has 1 aromatic carbocycles. The van der Waals surface area contributed by atoms with Crippen molar-refractivity contribution in [2.75, 3.05) is 37.6 Å². The quantitative estimate of drug-likeness (QED) is 0.661. The summed E-state index contributed by atoms with van der Waals surface area (Å²) in [5.41, 5.74) is 2.80. The molecule has 0 spiro atoms. The fourth-order valence-electron chi connectivity index (χ4n) is 4.39. The highest BCUT2D eigenvalue weighted by Crippen LogP contribution is 2.26. The van der Waals surface area contributed by atoms with Gasteiger partial charge in [0.1, 0.15) is 5.69 Å². The summed E-state index contributed by atoms with van der Waals surface area (Å²) in [5, 5.41) is 7.06. The molecule has 1 N–H and O–H groups in total. The van der Waals surface area contributed by atoms with Crippen molar-refractivity contribution in [3.8, 4) is 11.3 Å². The van der Waals surface area contributed by atoms with E-state index >= 15 is 0 Å². The van der Waals surface area contributed by atoms with E-state index in [1.165, 1.54) is 0 Å². The first-order valence-corrected chi connectivity index (χ1v) is 11.0. The number of aromatic nitrogens is 3. The number of piperazine rings is 1. The van der Waals surface area contributed by atoms with Gasteiger partial charge in [-0.15, -0.1) is 0 Å². The Labute approximate surface area is 191 Å². The normalized spacial score (nSPS) is 18.6. The van der Waals surface area contributed by atoms with Crippen LogP contribution in [0.1, 0.15) is 16.9 Å². The summed E-state index contributed by atoms with van der Waals surface area (Å²) in [6.45, 7) is 2.18. The Morgan fingerprint density at radius 1 is 0.939 bits per heavy atom. The monoisotopic (exact) mass is 444 g/mol. The number of anilines is 1. The van der Waals surface area contributed by atoms with Crippen molar-refractivity contribution >= 4 is 23.4 Å². The van der Waals surface area contributed by atoms with Gasteiger partial charge in [0.05, 0.1) is 11.6 Å². The van der Waals surface area contributed by atoms with Crippen molar-refractivity contribution in [1.29, 1.82) is 0 Å². The van der Waals surface area contributed by atoms with Gasteiger partial charge in [-0.3, -0.25) is 24.5 Å². The summed E-state index contributed by atoms with van der Waals surface area (Å²) in [5.74, 6) is -0.537. The van der Waals surface area contributed by atoms with Crippen LogP contribution in [0, 0.1) is 5.92 Å². The first kappa shape index (κ1) is 20.9. The zero-order valence-electron chi connectivity index (χ0n) is 18.1. The van der Waals surface area contributed by atoms with Crippen molar-refractivity contribution in [1.82, 2.24) is 25.0 Å². The Morgan fingerprint density at radius 3 is 2.36 bits per heavy atom. The van der Waals surface area contributed by atoms with Gasteiger partial charge in [0.25, 0.3) is 5.91 Å². The molecule has 2 saturated heterocycles. The van der Waals surface area contributed by atoms with Crippen LogP contribution in [0.5, 0.6) is 0 Å². The highest BCUT2D eigenvalue weighted by molar-refractivity contribution is 6.00. The lowest BCUT2D eigenvalue weighted by atomic mass is 10.1. The van der Waals surface area contributed by atoms with Crippen molar-refractivity contribution < 1.29 is 14.4 Å². The summed E-state index contributed by atoms with van der Waals surface area (Å²) in [4.78, 5) is 47.6. The second-order valence-corrected chi connectivity index (χ2v) is 8.26. The summed E-state index contributed by atoms with van der Waals surface area (Å²) in [6, 6.07) is 14.8. The van der Waals surface area contributed by atoms with E-state index in [4.69, 9.17) is 0 Å². The number of amides is 3. The number of carbonyl (C=O) groups excluding carboxylic acids is 3. The Morgan fingerprint density at radius 2 is 1.64 bits per heavy atom. The Bertz CT molecular complexity index is 1160. The molecule has 4 heterocycles. The maximum Gasteiger partial charge on any atom is 0.272 e. The Kier molecular flexibility index (Phi) is 5.60. The number of nitrogens with one attached hydrogen (secondary N) is 1. The van der Waals surface area contributed by atoms with E-state index in [9.17, 15) is 14.4 Å². The number of para-hydroxylation sites is 1. The van der Waals surface area contributed by atoms with Gasteiger partial charge < -0.3 is 14.7 Å². The van der Waals surface area contributed by atoms with Crippen molar-refractivity contribution in [3.63, 3.8) is 0 Å². The van der Waals surface area contributed by atoms with Gasteiger partial charge in [-0.2, -0.15) is 5.10 Å². The third-order valence-electron chi connectivity index (χ3n) is 6.21. The van der Waals surface area contributed by atoms with Gasteiger partial charge in [0.15, 0.2) is 0 Å². The molecule has 9 heteroatoms. The topological polar surface area (TPSA) is 102 Å². The Hall–Kier alpha value is -4.01. The molecule has 5 rings (SSSR count). The first-order valence-electron chi connectivity index (χ1n) is 11.0. The maximum atomic E-state index is 13.1. The van der Waals surface area contributed by atoms with Gasteiger partial charge >= 0.3 is 0 Å². The number of rotatable bonds is 4. The summed E-state index contributed by atoms with van der Waals surface area (Å²) < 4.78 is 0. The molecule has 3 amide bonds. The summed E-state index contributed by atoms with van der Waals surface area (Å²) in [7, 11) is 0. The van der Waals surface area contributed by atoms with E-state index in [0.717, 1.165) is 11.3 Å². The number of pyridine rings is 1. The average molecular weight is 444 g/mol. The zero-order chi connectivity index (χ0) is 22.8. The molecule has 0 radical (unpaired) electrons. The number of benzene rings is 1. The SMILES string of the molecule is O=C(c1cc(-c2ccncc2)n[nH]1)N1CCN(C(=O)[C@H]2CC(=O)N(c3ccccc3)C2)CC1. The molecule has 0 unspecified atom stereocenters. The lowest BCUT2D eigenvalue weighted by Gasteiger charge is -2.35.